The van der Waals surface area contributed by atoms with Crippen LogP contribution in [0, 0.1) is 4.77 Å². The number of carbonyl (C=O) groups is 1. The normalized spacial score (nSPS) is 15.5. The number of hydrogen-bond acceptors (Lipinski definition) is 7. The van der Waals surface area contributed by atoms with Gasteiger partial charge in [0.05, 0.1) is 26.4 Å². The molecule has 10 heteroatoms. The molecule has 1 atom stereocenters. The Bertz CT molecular complexity index is 1040. The molecule has 3 aromatic rings. The molecule has 0 spiro atoms. The van der Waals surface area contributed by atoms with Crippen LogP contribution in [0.15, 0.2) is 41.8 Å². The van der Waals surface area contributed by atoms with Gasteiger partial charge in [-0.05, 0) is 47.9 Å². The van der Waals surface area contributed by atoms with Gasteiger partial charge in [0, 0.05) is 30.1 Å². The van der Waals surface area contributed by atoms with E-state index in [1.54, 1.807) is 23.0 Å². The molecule has 2 N–H and O–H groups in total. The average molecular weight is 460 g/mol. The highest BCUT2D eigenvalue weighted by Crippen LogP contribution is 2.25. The third-order valence-electron chi connectivity index (χ3n) is 5.26. The molecule has 3 heterocycles. The van der Waals surface area contributed by atoms with Gasteiger partial charge in [-0.25, -0.2) is 0 Å². The van der Waals surface area contributed by atoms with E-state index >= 15 is 0 Å². The van der Waals surface area contributed by atoms with Crippen molar-refractivity contribution in [2.45, 2.75) is 12.6 Å². The molecule has 1 aliphatic rings. The topological polar surface area (TPSA) is 84.4 Å². The first kappa shape index (κ1) is 21.7. The molecule has 1 saturated heterocycles. The second-order valence-corrected chi connectivity index (χ2v) is 8.52. The number of benzene rings is 1. The maximum Gasteiger partial charge on any atom is 0.240 e. The number of aromatic nitrogens is 3. The Morgan fingerprint density at radius 3 is 2.77 bits per heavy atom. The van der Waals surface area contributed by atoms with Crippen LogP contribution in [0.1, 0.15) is 10.9 Å². The predicted molar refractivity (Wildman–Crippen MR) is 122 cm³/mol. The van der Waals surface area contributed by atoms with Gasteiger partial charge in [-0.2, -0.15) is 5.10 Å². The lowest BCUT2D eigenvalue weighted by atomic mass is 10.2. The fourth-order valence-corrected chi connectivity index (χ4v) is 4.67. The molecule has 164 valence electrons. The van der Waals surface area contributed by atoms with E-state index in [2.05, 4.69) is 31.9 Å². The lowest BCUT2D eigenvalue weighted by molar-refractivity contribution is -0.122. The third-order valence-corrected chi connectivity index (χ3v) is 6.54. The maximum absolute atomic E-state index is 12.8. The molecule has 2 aromatic heterocycles. The number of rotatable bonds is 8. The van der Waals surface area contributed by atoms with Gasteiger partial charge >= 0.3 is 0 Å². The summed E-state index contributed by atoms with van der Waals surface area (Å²) in [5.41, 5.74) is 0.853. The molecule has 1 amide bonds. The molecule has 31 heavy (non-hydrogen) atoms. The van der Waals surface area contributed by atoms with Crippen LogP contribution in [0.4, 0.5) is 0 Å². The minimum absolute atomic E-state index is 0.0942. The summed E-state index contributed by atoms with van der Waals surface area (Å²) in [5.74, 6) is 1.26. The van der Waals surface area contributed by atoms with Crippen molar-refractivity contribution in [3.05, 3.63) is 51.4 Å². The van der Waals surface area contributed by atoms with Crippen LogP contribution in [-0.2, 0) is 16.1 Å². The number of aromatic amines is 1. The van der Waals surface area contributed by atoms with Gasteiger partial charge in [-0.15, -0.1) is 11.3 Å². The number of methoxy groups -OCH3 is 1. The van der Waals surface area contributed by atoms with E-state index < -0.39 is 0 Å². The Morgan fingerprint density at radius 2 is 2.10 bits per heavy atom. The van der Waals surface area contributed by atoms with Crippen molar-refractivity contribution in [2.75, 3.05) is 40.0 Å². The summed E-state index contributed by atoms with van der Waals surface area (Å²) < 4.78 is 12.8. The largest absolute Gasteiger partial charge is 0.497 e. The number of nitrogens with zero attached hydrogens (tertiary/aromatic N) is 3. The molecule has 4 rings (SSSR count). The summed E-state index contributed by atoms with van der Waals surface area (Å²) in [6, 6.07) is 11.8. The van der Waals surface area contributed by atoms with Crippen LogP contribution in [0.2, 0.25) is 0 Å². The Kier molecular flexibility index (Phi) is 7.13. The zero-order chi connectivity index (χ0) is 21.6. The summed E-state index contributed by atoms with van der Waals surface area (Å²) in [6.07, 6.45) is 0. The lowest BCUT2D eigenvalue weighted by Gasteiger charge is -2.34. The van der Waals surface area contributed by atoms with Crippen molar-refractivity contribution >= 4 is 29.5 Å². The number of morpholine rings is 1. The van der Waals surface area contributed by atoms with Gasteiger partial charge in [0.1, 0.15) is 12.3 Å². The quantitative estimate of drug-likeness (QED) is 0.504. The fraction of sp³-hybridized carbons (Fsp3) is 0.381. The first-order valence-electron chi connectivity index (χ1n) is 10.1. The number of carbonyl (C=O) groups excluding carboxylic acids is 1. The molecular weight excluding hydrogens is 434 g/mol. The molecule has 0 aliphatic carbocycles. The first-order valence-corrected chi connectivity index (χ1v) is 11.4. The van der Waals surface area contributed by atoms with Crippen LogP contribution in [0.5, 0.6) is 5.75 Å². The van der Waals surface area contributed by atoms with Crippen molar-refractivity contribution in [1.82, 2.24) is 25.0 Å². The third kappa shape index (κ3) is 5.21. The predicted octanol–water partition coefficient (Wildman–Crippen LogP) is 2.87. The second-order valence-electron chi connectivity index (χ2n) is 7.15. The average Bonchev–Trinajstić information content (AvgIpc) is 3.46. The smallest absolute Gasteiger partial charge is 0.240 e. The zero-order valence-corrected chi connectivity index (χ0v) is 18.9. The molecule has 1 fully saturated rings. The van der Waals surface area contributed by atoms with Crippen LogP contribution in [0.25, 0.3) is 11.4 Å². The van der Waals surface area contributed by atoms with Crippen LogP contribution < -0.4 is 10.1 Å². The fourth-order valence-electron chi connectivity index (χ4n) is 3.61. The number of thiophene rings is 1. The van der Waals surface area contributed by atoms with E-state index in [0.717, 1.165) is 24.4 Å². The SMILES string of the molecule is COc1ccc(-c2n[nH]c(=S)n2CC(=O)NCC(c2cccs2)N2CCOCC2)cc1. The molecular formula is C21H25N5O3S2. The summed E-state index contributed by atoms with van der Waals surface area (Å²) in [7, 11) is 1.62. The summed E-state index contributed by atoms with van der Waals surface area (Å²) in [5, 5.41) is 12.3. The zero-order valence-electron chi connectivity index (χ0n) is 17.2. The van der Waals surface area contributed by atoms with Gasteiger partial charge in [0.15, 0.2) is 10.6 Å². The molecule has 0 radical (unpaired) electrons. The highest BCUT2D eigenvalue weighted by Gasteiger charge is 2.24. The van der Waals surface area contributed by atoms with Crippen molar-refractivity contribution < 1.29 is 14.3 Å². The van der Waals surface area contributed by atoms with E-state index in [0.29, 0.717) is 30.4 Å². The van der Waals surface area contributed by atoms with Crippen LogP contribution in [-0.4, -0.2) is 65.5 Å². The maximum atomic E-state index is 12.8. The van der Waals surface area contributed by atoms with E-state index in [4.69, 9.17) is 21.7 Å². The van der Waals surface area contributed by atoms with Crippen molar-refractivity contribution in [3.63, 3.8) is 0 Å². The van der Waals surface area contributed by atoms with Crippen molar-refractivity contribution in [3.8, 4) is 17.1 Å². The molecule has 8 nitrogen and oxygen atoms in total. The van der Waals surface area contributed by atoms with Gasteiger partial charge in [0.25, 0.3) is 0 Å². The number of nitrogens with one attached hydrogen (secondary N) is 2. The van der Waals surface area contributed by atoms with E-state index in [-0.39, 0.29) is 18.5 Å². The van der Waals surface area contributed by atoms with Gasteiger partial charge in [-0.3, -0.25) is 19.4 Å². The summed E-state index contributed by atoms with van der Waals surface area (Å²) >= 11 is 7.07. The van der Waals surface area contributed by atoms with Gasteiger partial charge in [0.2, 0.25) is 5.91 Å². The Labute approximate surface area is 189 Å². The van der Waals surface area contributed by atoms with Crippen LogP contribution in [0.3, 0.4) is 0 Å². The number of H-pyrrole nitrogens is 1. The van der Waals surface area contributed by atoms with Crippen LogP contribution >= 0.6 is 23.6 Å². The number of ether oxygens (including phenoxy) is 2. The van der Waals surface area contributed by atoms with Gasteiger partial charge < -0.3 is 14.8 Å². The highest BCUT2D eigenvalue weighted by molar-refractivity contribution is 7.71. The first-order chi connectivity index (χ1) is 15.2. The number of amides is 1. The number of hydrogen-bond donors (Lipinski definition) is 2. The minimum atomic E-state index is -0.109. The molecule has 1 aliphatic heterocycles. The Hall–Kier alpha value is -2.53. The van der Waals surface area contributed by atoms with E-state index in [1.165, 1.54) is 4.88 Å². The highest BCUT2D eigenvalue weighted by atomic mass is 32.1. The molecule has 0 bridgehead atoms. The Balaban J connectivity index is 1.44. The molecule has 1 unspecified atom stereocenters. The van der Waals surface area contributed by atoms with E-state index in [9.17, 15) is 4.79 Å². The standard InChI is InChI=1S/C21H25N5O3S2/c1-28-16-6-4-15(5-7-16)20-23-24-21(30)26(20)14-19(27)22-13-17(18-3-2-12-31-18)25-8-10-29-11-9-25/h2-7,12,17H,8-11,13-14H2,1H3,(H,22,27)(H,24,30). The lowest BCUT2D eigenvalue weighted by Crippen LogP contribution is -2.44. The van der Waals surface area contributed by atoms with E-state index in [1.807, 2.05) is 30.3 Å². The van der Waals surface area contributed by atoms with Crippen molar-refractivity contribution in [2.24, 2.45) is 0 Å². The monoisotopic (exact) mass is 459 g/mol. The minimum Gasteiger partial charge on any atom is -0.497 e. The summed E-state index contributed by atoms with van der Waals surface area (Å²) in [6.45, 7) is 3.76. The van der Waals surface area contributed by atoms with Crippen molar-refractivity contribution in [1.29, 1.82) is 0 Å². The van der Waals surface area contributed by atoms with Gasteiger partial charge in [-0.1, -0.05) is 6.07 Å². The summed E-state index contributed by atoms with van der Waals surface area (Å²) in [4.78, 5) is 16.4. The Morgan fingerprint density at radius 1 is 1.32 bits per heavy atom. The molecule has 1 aromatic carbocycles. The second kappa shape index (κ2) is 10.2. The molecule has 0 saturated carbocycles.